The highest BCUT2D eigenvalue weighted by molar-refractivity contribution is 6.09. The minimum Gasteiger partial charge on any atom is -0.306 e. The molecule has 0 unspecified atom stereocenters. The average molecular weight is 206 g/mol. The number of nitrogens with one attached hydrogen (secondary N) is 1. The Morgan fingerprint density at radius 1 is 1.40 bits per heavy atom. The number of carbonyl (C=O) groups excluding carboxylic acids is 1. The Balaban J connectivity index is 1.84. The maximum atomic E-state index is 12.1. The standard InChI is InChI=1S/C12H18N2O/c1-12(2)5-8-10(9(15)6-12)11(14-13-8)7-3-4-7/h7-8,10,13H,3-6H2,1-2H3/t8-,10+/m1/s1. The molecule has 0 bridgehead atoms. The highest BCUT2D eigenvalue weighted by atomic mass is 16.1. The summed E-state index contributed by atoms with van der Waals surface area (Å²) >= 11 is 0. The van der Waals surface area contributed by atoms with Gasteiger partial charge in [-0.25, -0.2) is 0 Å². The molecule has 1 N–H and O–H groups in total. The van der Waals surface area contributed by atoms with Gasteiger partial charge in [0.1, 0.15) is 5.78 Å². The van der Waals surface area contributed by atoms with E-state index in [0.29, 0.717) is 11.7 Å². The second kappa shape index (κ2) is 2.83. The molecule has 0 aromatic rings. The Morgan fingerprint density at radius 3 is 2.80 bits per heavy atom. The predicted molar refractivity (Wildman–Crippen MR) is 58.6 cm³/mol. The molecule has 0 aromatic heterocycles. The summed E-state index contributed by atoms with van der Waals surface area (Å²) in [6, 6.07) is 0.289. The van der Waals surface area contributed by atoms with Gasteiger partial charge < -0.3 is 5.43 Å². The molecule has 0 radical (unpaired) electrons. The fourth-order valence-corrected chi connectivity index (χ4v) is 3.03. The number of hydrazone groups is 1. The lowest BCUT2D eigenvalue weighted by atomic mass is 9.68. The summed E-state index contributed by atoms with van der Waals surface area (Å²) in [5, 5.41) is 4.40. The van der Waals surface area contributed by atoms with Gasteiger partial charge in [0.15, 0.2) is 0 Å². The van der Waals surface area contributed by atoms with Gasteiger partial charge in [-0.05, 0) is 30.6 Å². The first-order chi connectivity index (χ1) is 7.07. The molecule has 1 heterocycles. The van der Waals surface area contributed by atoms with Crippen LogP contribution in [0.2, 0.25) is 0 Å². The van der Waals surface area contributed by atoms with Crippen molar-refractivity contribution in [3.05, 3.63) is 0 Å². The molecule has 0 saturated heterocycles. The van der Waals surface area contributed by atoms with E-state index in [1.165, 1.54) is 18.6 Å². The molecular weight excluding hydrogens is 188 g/mol. The Labute approximate surface area is 90.3 Å². The number of Topliss-reactive ketones (excluding diaryl/α,β-unsaturated/α-hetero) is 1. The predicted octanol–water partition coefficient (Wildman–Crippen LogP) is 1.73. The van der Waals surface area contributed by atoms with Crippen molar-refractivity contribution in [1.29, 1.82) is 0 Å². The molecule has 3 rings (SSSR count). The first kappa shape index (κ1) is 9.37. The Hall–Kier alpha value is -0.860. The van der Waals surface area contributed by atoms with E-state index in [9.17, 15) is 4.79 Å². The largest absolute Gasteiger partial charge is 0.306 e. The normalized spacial score (nSPS) is 38.3. The molecule has 3 nitrogen and oxygen atoms in total. The number of carbonyl (C=O) groups is 1. The van der Waals surface area contributed by atoms with Crippen molar-refractivity contribution < 1.29 is 4.79 Å². The van der Waals surface area contributed by atoms with Gasteiger partial charge in [-0.15, -0.1) is 0 Å². The van der Waals surface area contributed by atoms with Gasteiger partial charge in [0.05, 0.1) is 17.7 Å². The van der Waals surface area contributed by atoms with Crippen molar-refractivity contribution in [2.24, 2.45) is 22.4 Å². The van der Waals surface area contributed by atoms with Crippen LogP contribution in [-0.4, -0.2) is 17.5 Å². The number of hydrogen-bond acceptors (Lipinski definition) is 3. The maximum Gasteiger partial charge on any atom is 0.144 e. The van der Waals surface area contributed by atoms with Gasteiger partial charge in [-0.3, -0.25) is 4.79 Å². The third-order valence-electron chi connectivity index (χ3n) is 3.85. The van der Waals surface area contributed by atoms with E-state index in [4.69, 9.17) is 0 Å². The fraction of sp³-hybridized carbons (Fsp3) is 0.833. The van der Waals surface area contributed by atoms with Gasteiger partial charge in [-0.1, -0.05) is 13.8 Å². The van der Waals surface area contributed by atoms with Crippen molar-refractivity contribution in [3.8, 4) is 0 Å². The molecule has 2 aliphatic carbocycles. The van der Waals surface area contributed by atoms with Crippen LogP contribution in [0, 0.1) is 17.3 Å². The molecular formula is C12H18N2O. The molecule has 2 fully saturated rings. The highest BCUT2D eigenvalue weighted by Crippen LogP contribution is 2.43. The van der Waals surface area contributed by atoms with E-state index in [0.717, 1.165) is 12.8 Å². The van der Waals surface area contributed by atoms with Crippen molar-refractivity contribution in [3.63, 3.8) is 0 Å². The second-order valence-corrected chi connectivity index (χ2v) is 6.04. The molecule has 3 heteroatoms. The quantitative estimate of drug-likeness (QED) is 0.710. The van der Waals surface area contributed by atoms with Crippen molar-refractivity contribution >= 4 is 11.5 Å². The molecule has 0 amide bonds. The van der Waals surface area contributed by atoms with Gasteiger partial charge in [-0.2, -0.15) is 5.10 Å². The van der Waals surface area contributed by atoms with Gasteiger partial charge in [0.2, 0.25) is 0 Å². The van der Waals surface area contributed by atoms with Crippen LogP contribution in [0.15, 0.2) is 5.10 Å². The molecule has 0 spiro atoms. The van der Waals surface area contributed by atoms with Crippen LogP contribution in [-0.2, 0) is 4.79 Å². The Bertz CT molecular complexity index is 342. The lowest BCUT2D eigenvalue weighted by molar-refractivity contribution is -0.126. The zero-order valence-electron chi connectivity index (χ0n) is 9.42. The lowest BCUT2D eigenvalue weighted by Gasteiger charge is -2.36. The summed E-state index contributed by atoms with van der Waals surface area (Å²) in [6.07, 6.45) is 4.27. The van der Waals surface area contributed by atoms with E-state index in [-0.39, 0.29) is 17.4 Å². The van der Waals surface area contributed by atoms with Crippen molar-refractivity contribution in [2.45, 2.75) is 45.6 Å². The first-order valence-corrected chi connectivity index (χ1v) is 5.92. The van der Waals surface area contributed by atoms with Crippen LogP contribution in [0.1, 0.15) is 39.5 Å². The number of ketones is 1. The van der Waals surface area contributed by atoms with E-state index in [2.05, 4.69) is 24.4 Å². The summed E-state index contributed by atoms with van der Waals surface area (Å²) in [7, 11) is 0. The lowest BCUT2D eigenvalue weighted by Crippen LogP contribution is -2.45. The molecule has 0 aromatic carbocycles. The first-order valence-electron chi connectivity index (χ1n) is 5.92. The zero-order chi connectivity index (χ0) is 10.6. The van der Waals surface area contributed by atoms with Crippen molar-refractivity contribution in [2.75, 3.05) is 0 Å². The summed E-state index contributed by atoms with van der Waals surface area (Å²) in [6.45, 7) is 4.36. The topological polar surface area (TPSA) is 41.5 Å². The summed E-state index contributed by atoms with van der Waals surface area (Å²) in [5.74, 6) is 1.15. The van der Waals surface area contributed by atoms with Gasteiger partial charge in [0.25, 0.3) is 0 Å². The highest BCUT2D eigenvalue weighted by Gasteiger charge is 2.49. The van der Waals surface area contributed by atoms with E-state index in [1.54, 1.807) is 0 Å². The minimum absolute atomic E-state index is 0.116. The Kier molecular flexibility index (Phi) is 1.77. The smallest absolute Gasteiger partial charge is 0.144 e. The van der Waals surface area contributed by atoms with E-state index in [1.807, 2.05) is 0 Å². The Morgan fingerprint density at radius 2 is 2.13 bits per heavy atom. The molecule has 2 saturated carbocycles. The summed E-state index contributed by atoms with van der Waals surface area (Å²) in [5.41, 5.74) is 4.50. The fourth-order valence-electron chi connectivity index (χ4n) is 3.03. The minimum atomic E-state index is 0.116. The molecule has 2 atom stereocenters. The third-order valence-corrected chi connectivity index (χ3v) is 3.85. The van der Waals surface area contributed by atoms with E-state index >= 15 is 0 Å². The van der Waals surface area contributed by atoms with Crippen LogP contribution >= 0.6 is 0 Å². The SMILES string of the molecule is CC1(C)CC(=O)[C@H]2C(C3CC3)=NN[C@@H]2C1. The monoisotopic (exact) mass is 206 g/mol. The molecule has 1 aliphatic heterocycles. The molecule has 15 heavy (non-hydrogen) atoms. The third kappa shape index (κ3) is 1.48. The van der Waals surface area contributed by atoms with Crippen LogP contribution in [0.25, 0.3) is 0 Å². The van der Waals surface area contributed by atoms with Crippen LogP contribution in [0.3, 0.4) is 0 Å². The van der Waals surface area contributed by atoms with Crippen LogP contribution in [0.5, 0.6) is 0 Å². The number of rotatable bonds is 1. The molecule has 3 aliphatic rings. The second-order valence-electron chi connectivity index (χ2n) is 6.04. The van der Waals surface area contributed by atoms with Crippen molar-refractivity contribution in [1.82, 2.24) is 5.43 Å². The molecule has 82 valence electrons. The zero-order valence-corrected chi connectivity index (χ0v) is 9.42. The average Bonchev–Trinajstić information content (AvgIpc) is 2.86. The number of nitrogens with zero attached hydrogens (tertiary/aromatic N) is 1. The van der Waals surface area contributed by atoms with Crippen LogP contribution < -0.4 is 5.43 Å². The number of fused-ring (bicyclic) bond motifs is 1. The number of hydrogen-bond donors (Lipinski definition) is 1. The maximum absolute atomic E-state index is 12.1. The van der Waals surface area contributed by atoms with E-state index < -0.39 is 0 Å². The summed E-state index contributed by atoms with van der Waals surface area (Å²) < 4.78 is 0. The van der Waals surface area contributed by atoms with Gasteiger partial charge >= 0.3 is 0 Å². The van der Waals surface area contributed by atoms with Crippen LogP contribution in [0.4, 0.5) is 0 Å². The summed E-state index contributed by atoms with van der Waals surface area (Å²) in [4.78, 5) is 12.1. The van der Waals surface area contributed by atoms with Gasteiger partial charge in [0, 0.05) is 6.42 Å².